The van der Waals surface area contributed by atoms with Crippen molar-refractivity contribution in [2.45, 2.75) is 18.6 Å². The molecule has 1 amide bonds. The van der Waals surface area contributed by atoms with E-state index >= 15 is 4.39 Å². The zero-order chi connectivity index (χ0) is 18.7. The van der Waals surface area contributed by atoms with Gasteiger partial charge in [-0.05, 0) is 29.7 Å². The number of benzene rings is 1. The summed E-state index contributed by atoms with van der Waals surface area (Å²) in [6.07, 6.45) is 6.95. The molecule has 1 aromatic heterocycles. The summed E-state index contributed by atoms with van der Waals surface area (Å²) >= 11 is 0. The lowest BCUT2D eigenvalue weighted by Gasteiger charge is -2.22. The largest absolute Gasteiger partial charge is 0.352 e. The number of carbonyl (C=O) groups excluding carboxylic acids is 1. The minimum absolute atomic E-state index is 0.115. The van der Waals surface area contributed by atoms with Gasteiger partial charge >= 0.3 is 0 Å². The fourth-order valence-electron chi connectivity index (χ4n) is 4.18. The van der Waals surface area contributed by atoms with Crippen LogP contribution < -0.4 is 5.32 Å². The maximum absolute atomic E-state index is 15.0. The van der Waals surface area contributed by atoms with Crippen LogP contribution in [0.1, 0.15) is 17.5 Å². The lowest BCUT2D eigenvalue weighted by atomic mass is 10.1. The minimum atomic E-state index is -1.10. The van der Waals surface area contributed by atoms with Crippen molar-refractivity contribution in [2.75, 3.05) is 19.6 Å². The Morgan fingerprint density at radius 2 is 2.00 bits per heavy atom. The Bertz CT molecular complexity index is 797. The minimum Gasteiger partial charge on any atom is -0.352 e. The van der Waals surface area contributed by atoms with Gasteiger partial charge < -0.3 is 5.32 Å². The molecule has 2 unspecified atom stereocenters. The molecule has 1 N–H and O–H groups in total. The van der Waals surface area contributed by atoms with Crippen molar-refractivity contribution in [3.05, 3.63) is 72.1 Å². The highest BCUT2D eigenvalue weighted by molar-refractivity contribution is 5.91. The predicted molar refractivity (Wildman–Crippen MR) is 103 cm³/mol. The first-order valence-corrected chi connectivity index (χ1v) is 9.46. The van der Waals surface area contributed by atoms with Gasteiger partial charge in [0.05, 0.1) is 0 Å². The number of likely N-dealkylation sites (tertiary alicyclic amines) is 1. The summed E-state index contributed by atoms with van der Waals surface area (Å²) in [5.41, 5.74) is 1.04. The van der Waals surface area contributed by atoms with Crippen LogP contribution >= 0.6 is 0 Å². The van der Waals surface area contributed by atoms with E-state index in [9.17, 15) is 4.79 Å². The fourth-order valence-corrected chi connectivity index (χ4v) is 4.18. The van der Waals surface area contributed by atoms with Crippen molar-refractivity contribution in [1.29, 1.82) is 0 Å². The summed E-state index contributed by atoms with van der Waals surface area (Å²) in [5, 5.41) is 2.79. The number of nitrogens with one attached hydrogen (secondary N) is 1. The van der Waals surface area contributed by atoms with Crippen LogP contribution in [-0.4, -0.2) is 41.1 Å². The first kappa shape index (κ1) is 17.9. The van der Waals surface area contributed by atoms with Gasteiger partial charge in [0, 0.05) is 56.5 Å². The van der Waals surface area contributed by atoms with E-state index in [1.165, 1.54) is 11.6 Å². The molecule has 1 saturated carbocycles. The summed E-state index contributed by atoms with van der Waals surface area (Å²) in [7, 11) is 0. The van der Waals surface area contributed by atoms with Crippen LogP contribution in [0.25, 0.3) is 6.08 Å². The highest BCUT2D eigenvalue weighted by atomic mass is 19.1. The molecule has 1 aromatic carbocycles. The summed E-state index contributed by atoms with van der Waals surface area (Å²) in [6, 6.07) is 14.0. The molecule has 2 fully saturated rings. The van der Waals surface area contributed by atoms with Crippen LogP contribution in [0.3, 0.4) is 0 Å². The van der Waals surface area contributed by atoms with E-state index in [-0.39, 0.29) is 17.7 Å². The summed E-state index contributed by atoms with van der Waals surface area (Å²) in [6.45, 7) is 2.88. The van der Waals surface area contributed by atoms with E-state index in [0.29, 0.717) is 13.0 Å². The third-order valence-electron chi connectivity index (χ3n) is 5.69. The molecule has 27 heavy (non-hydrogen) atoms. The Balaban J connectivity index is 1.18. The van der Waals surface area contributed by atoms with Gasteiger partial charge in [-0.15, -0.1) is 0 Å². The van der Waals surface area contributed by atoms with Crippen LogP contribution in [0.15, 0.2) is 60.9 Å². The maximum Gasteiger partial charge on any atom is 0.244 e. The fraction of sp³-hybridized carbons (Fsp3) is 0.364. The first-order valence-electron chi connectivity index (χ1n) is 9.46. The van der Waals surface area contributed by atoms with E-state index in [0.717, 1.165) is 25.2 Å². The number of alkyl halides is 1. The zero-order valence-electron chi connectivity index (χ0n) is 15.2. The summed E-state index contributed by atoms with van der Waals surface area (Å²) in [4.78, 5) is 18.2. The SMILES string of the molecule is O=C(/C=C/c1cccnc1)NCCC1(F)C2CN(Cc3ccccc3)CC21. The molecule has 0 bridgehead atoms. The smallest absolute Gasteiger partial charge is 0.244 e. The second-order valence-corrected chi connectivity index (χ2v) is 7.48. The Hall–Kier alpha value is -2.53. The van der Waals surface area contributed by atoms with Crippen molar-refractivity contribution in [3.63, 3.8) is 0 Å². The van der Waals surface area contributed by atoms with Crippen molar-refractivity contribution in [2.24, 2.45) is 11.8 Å². The molecule has 2 heterocycles. The Kier molecular flexibility index (Phi) is 5.03. The summed E-state index contributed by atoms with van der Waals surface area (Å²) < 4.78 is 15.0. The number of nitrogens with zero attached hydrogens (tertiary/aromatic N) is 2. The monoisotopic (exact) mass is 365 g/mol. The van der Waals surface area contributed by atoms with Gasteiger partial charge in [-0.2, -0.15) is 0 Å². The number of pyridine rings is 1. The molecular formula is C22H24FN3O. The van der Waals surface area contributed by atoms with Crippen molar-refractivity contribution >= 4 is 12.0 Å². The van der Waals surface area contributed by atoms with Crippen LogP contribution in [0.2, 0.25) is 0 Å². The standard InChI is InChI=1S/C22H24FN3O/c23-22(10-12-25-21(27)9-8-17-7-4-11-24-13-17)19-15-26(16-20(19)22)14-18-5-2-1-3-6-18/h1-9,11,13,19-20H,10,12,14-16H2,(H,25,27)/b9-8+. The van der Waals surface area contributed by atoms with Gasteiger partial charge in [-0.3, -0.25) is 14.7 Å². The molecule has 140 valence electrons. The topological polar surface area (TPSA) is 45.2 Å². The third kappa shape index (κ3) is 4.08. The second kappa shape index (κ2) is 7.61. The molecule has 4 rings (SSSR count). The molecule has 0 radical (unpaired) electrons. The molecule has 0 spiro atoms. The number of halogens is 1. The molecule has 1 aliphatic carbocycles. The number of amides is 1. The molecule has 2 aromatic rings. The number of aromatic nitrogens is 1. The highest BCUT2D eigenvalue weighted by Crippen LogP contribution is 2.60. The van der Waals surface area contributed by atoms with Crippen LogP contribution in [0.4, 0.5) is 4.39 Å². The van der Waals surface area contributed by atoms with Crippen LogP contribution in [0.5, 0.6) is 0 Å². The highest BCUT2D eigenvalue weighted by Gasteiger charge is 2.68. The van der Waals surface area contributed by atoms with Gasteiger partial charge in [0.25, 0.3) is 0 Å². The number of hydrogen-bond acceptors (Lipinski definition) is 3. The number of piperidine rings is 1. The molecule has 1 saturated heterocycles. The normalized spacial score (nSPS) is 26.9. The average Bonchev–Trinajstić information content (AvgIpc) is 3.03. The molecule has 2 atom stereocenters. The Labute approximate surface area is 159 Å². The van der Waals surface area contributed by atoms with E-state index < -0.39 is 5.67 Å². The molecule has 4 nitrogen and oxygen atoms in total. The third-order valence-corrected chi connectivity index (χ3v) is 5.69. The van der Waals surface area contributed by atoms with Crippen LogP contribution in [0, 0.1) is 11.8 Å². The molecule has 2 aliphatic rings. The summed E-state index contributed by atoms with van der Waals surface area (Å²) in [5.74, 6) is 0.0343. The predicted octanol–water partition coefficient (Wildman–Crippen LogP) is 3.07. The first-order chi connectivity index (χ1) is 13.1. The Morgan fingerprint density at radius 3 is 2.70 bits per heavy atom. The lowest BCUT2D eigenvalue weighted by molar-refractivity contribution is -0.116. The van der Waals surface area contributed by atoms with Crippen LogP contribution in [-0.2, 0) is 11.3 Å². The lowest BCUT2D eigenvalue weighted by Crippen LogP contribution is -2.32. The number of rotatable bonds is 7. The van der Waals surface area contributed by atoms with Gasteiger partial charge in [-0.1, -0.05) is 36.4 Å². The Morgan fingerprint density at radius 1 is 1.22 bits per heavy atom. The number of fused-ring (bicyclic) bond motifs is 1. The number of carbonyl (C=O) groups is 1. The van der Waals surface area contributed by atoms with Gasteiger partial charge in [0.15, 0.2) is 0 Å². The van der Waals surface area contributed by atoms with Crippen molar-refractivity contribution in [3.8, 4) is 0 Å². The van der Waals surface area contributed by atoms with E-state index in [4.69, 9.17) is 0 Å². The quantitative estimate of drug-likeness (QED) is 0.767. The van der Waals surface area contributed by atoms with E-state index in [1.54, 1.807) is 18.5 Å². The zero-order valence-corrected chi connectivity index (χ0v) is 15.2. The molecule has 1 aliphatic heterocycles. The molecular weight excluding hydrogens is 341 g/mol. The average molecular weight is 365 g/mol. The maximum atomic E-state index is 15.0. The number of hydrogen-bond donors (Lipinski definition) is 1. The van der Waals surface area contributed by atoms with Crippen molar-refractivity contribution < 1.29 is 9.18 Å². The van der Waals surface area contributed by atoms with Gasteiger partial charge in [-0.25, -0.2) is 4.39 Å². The van der Waals surface area contributed by atoms with Crippen molar-refractivity contribution in [1.82, 2.24) is 15.2 Å². The van der Waals surface area contributed by atoms with Gasteiger partial charge in [0.2, 0.25) is 5.91 Å². The molecule has 5 heteroatoms. The van der Waals surface area contributed by atoms with Gasteiger partial charge in [0.1, 0.15) is 5.67 Å². The van der Waals surface area contributed by atoms with E-state index in [2.05, 4.69) is 27.3 Å². The van der Waals surface area contributed by atoms with E-state index in [1.807, 2.05) is 30.3 Å². The second-order valence-electron chi connectivity index (χ2n) is 7.48.